The second-order valence-electron chi connectivity index (χ2n) is 4.39. The smallest absolute Gasteiger partial charge is 0.116 e. The van der Waals surface area contributed by atoms with E-state index in [0.29, 0.717) is 19.6 Å². The molecule has 2 aromatic rings. The lowest BCUT2D eigenvalue weighted by Crippen LogP contribution is -2.35. The molecule has 0 spiro atoms. The van der Waals surface area contributed by atoms with E-state index in [2.05, 4.69) is 15.0 Å². The number of aromatic amines is 1. The van der Waals surface area contributed by atoms with Crippen LogP contribution in [0.2, 0.25) is 0 Å². The van der Waals surface area contributed by atoms with Gasteiger partial charge in [0.1, 0.15) is 6.33 Å². The van der Waals surface area contributed by atoms with Gasteiger partial charge in [-0.2, -0.15) is 0 Å². The van der Waals surface area contributed by atoms with Crippen LogP contribution in [-0.4, -0.2) is 67.6 Å². The molecule has 104 valence electrons. The van der Waals surface area contributed by atoms with Gasteiger partial charge in [-0.25, -0.2) is 9.97 Å². The van der Waals surface area contributed by atoms with Gasteiger partial charge in [-0.3, -0.25) is 4.90 Å². The van der Waals surface area contributed by atoms with Gasteiger partial charge in [-0.05, 0) is 0 Å². The van der Waals surface area contributed by atoms with E-state index in [0.717, 1.165) is 16.6 Å². The topological polar surface area (TPSA) is 106 Å². The Morgan fingerprint density at radius 3 is 2.95 bits per heavy atom. The molecule has 0 aliphatic rings. The Balaban J connectivity index is 2.11. The van der Waals surface area contributed by atoms with Gasteiger partial charge < -0.3 is 20.3 Å². The minimum Gasteiger partial charge on any atom is -0.395 e. The third-order valence-electron chi connectivity index (χ3n) is 2.91. The summed E-state index contributed by atoms with van der Waals surface area (Å²) in [6.45, 7) is 0.964. The summed E-state index contributed by atoms with van der Waals surface area (Å²) >= 11 is 0. The first kappa shape index (κ1) is 13.9. The predicted molar refractivity (Wildman–Crippen MR) is 69.3 cm³/mol. The van der Waals surface area contributed by atoms with E-state index < -0.39 is 6.10 Å². The highest BCUT2D eigenvalue weighted by Gasteiger charge is 2.14. The van der Waals surface area contributed by atoms with Crippen LogP contribution in [0.3, 0.4) is 0 Å². The van der Waals surface area contributed by atoms with Gasteiger partial charge in [0.05, 0.1) is 36.5 Å². The molecule has 0 saturated carbocycles. The van der Waals surface area contributed by atoms with Crippen molar-refractivity contribution >= 4 is 11.0 Å². The Labute approximate surface area is 110 Å². The minimum atomic E-state index is -0.814. The van der Waals surface area contributed by atoms with Crippen LogP contribution >= 0.6 is 0 Å². The van der Waals surface area contributed by atoms with Crippen molar-refractivity contribution in [3.8, 4) is 0 Å². The maximum Gasteiger partial charge on any atom is 0.116 e. The fraction of sp³-hybridized carbons (Fsp3) is 0.500. The summed E-state index contributed by atoms with van der Waals surface area (Å²) in [5, 5.41) is 27.4. The Kier molecular flexibility index (Phi) is 4.80. The number of aliphatic hydroxyl groups excluding tert-OH is 3. The molecular formula is C12H18N4O3. The van der Waals surface area contributed by atoms with Crippen molar-refractivity contribution in [1.29, 1.82) is 0 Å². The molecule has 0 saturated heterocycles. The molecule has 7 heteroatoms. The lowest BCUT2D eigenvalue weighted by atomic mass is 10.2. The second kappa shape index (κ2) is 6.58. The molecule has 0 fully saturated rings. The van der Waals surface area contributed by atoms with E-state index in [9.17, 15) is 5.11 Å². The Morgan fingerprint density at radius 1 is 1.37 bits per heavy atom. The van der Waals surface area contributed by atoms with Crippen LogP contribution < -0.4 is 0 Å². The maximum absolute atomic E-state index is 9.49. The van der Waals surface area contributed by atoms with Gasteiger partial charge in [-0.1, -0.05) is 0 Å². The zero-order chi connectivity index (χ0) is 13.7. The molecule has 0 unspecified atom stereocenters. The molecule has 4 N–H and O–H groups in total. The first-order valence-electron chi connectivity index (χ1n) is 6.12. The molecule has 2 rings (SSSR count). The van der Waals surface area contributed by atoms with E-state index in [1.54, 1.807) is 6.20 Å². The average Bonchev–Trinajstić information content (AvgIpc) is 2.82. The number of H-pyrrole nitrogens is 1. The molecule has 0 radical (unpaired) electrons. The highest BCUT2D eigenvalue weighted by atomic mass is 16.3. The first-order chi connectivity index (χ1) is 9.24. The number of fused-ring (bicyclic) bond motifs is 1. The van der Waals surface area contributed by atoms with Crippen LogP contribution in [0, 0.1) is 0 Å². The van der Waals surface area contributed by atoms with Crippen molar-refractivity contribution in [2.45, 2.75) is 12.6 Å². The number of hydrogen-bond donors (Lipinski definition) is 4. The average molecular weight is 266 g/mol. The molecule has 2 aromatic heterocycles. The molecule has 0 aliphatic carbocycles. The van der Waals surface area contributed by atoms with E-state index in [-0.39, 0.29) is 13.2 Å². The van der Waals surface area contributed by atoms with Gasteiger partial charge in [-0.15, -0.1) is 0 Å². The SMILES string of the molecule is OCCN(Cc1c[nH]c2cncnc12)C[C@@H](O)CO. The fourth-order valence-corrected chi connectivity index (χ4v) is 2.02. The normalized spacial score (nSPS) is 13.3. The summed E-state index contributed by atoms with van der Waals surface area (Å²) in [6, 6.07) is 0. The number of nitrogens with zero attached hydrogens (tertiary/aromatic N) is 3. The van der Waals surface area contributed by atoms with Crippen molar-refractivity contribution in [1.82, 2.24) is 19.9 Å². The number of nitrogens with one attached hydrogen (secondary N) is 1. The molecule has 2 heterocycles. The van der Waals surface area contributed by atoms with Crippen molar-refractivity contribution in [3.05, 3.63) is 24.3 Å². The highest BCUT2D eigenvalue weighted by molar-refractivity contribution is 5.77. The monoisotopic (exact) mass is 266 g/mol. The third-order valence-corrected chi connectivity index (χ3v) is 2.91. The first-order valence-corrected chi connectivity index (χ1v) is 6.12. The Bertz CT molecular complexity index is 516. The van der Waals surface area contributed by atoms with Crippen molar-refractivity contribution in [2.75, 3.05) is 26.3 Å². The quantitative estimate of drug-likeness (QED) is 0.518. The molecule has 19 heavy (non-hydrogen) atoms. The highest BCUT2D eigenvalue weighted by Crippen LogP contribution is 2.16. The van der Waals surface area contributed by atoms with Crippen molar-refractivity contribution in [3.63, 3.8) is 0 Å². The Morgan fingerprint density at radius 2 is 2.21 bits per heavy atom. The van der Waals surface area contributed by atoms with Crippen LogP contribution in [0.15, 0.2) is 18.7 Å². The zero-order valence-corrected chi connectivity index (χ0v) is 10.5. The zero-order valence-electron chi connectivity index (χ0n) is 10.5. The van der Waals surface area contributed by atoms with Crippen LogP contribution in [0.25, 0.3) is 11.0 Å². The lowest BCUT2D eigenvalue weighted by molar-refractivity contribution is 0.0511. The van der Waals surface area contributed by atoms with Crippen LogP contribution in [0.5, 0.6) is 0 Å². The molecule has 0 bridgehead atoms. The third kappa shape index (κ3) is 3.48. The summed E-state index contributed by atoms with van der Waals surface area (Å²) in [4.78, 5) is 13.1. The molecule has 0 amide bonds. The summed E-state index contributed by atoms with van der Waals surface area (Å²) in [5.41, 5.74) is 2.65. The predicted octanol–water partition coefficient (Wildman–Crippen LogP) is -0.895. The van der Waals surface area contributed by atoms with E-state index in [1.807, 2.05) is 11.1 Å². The summed E-state index contributed by atoms with van der Waals surface area (Å²) < 4.78 is 0. The molecule has 0 aromatic carbocycles. The largest absolute Gasteiger partial charge is 0.395 e. The standard InChI is InChI=1S/C12H18N4O3/c17-2-1-16(6-10(19)7-18)5-9-3-14-11-4-13-8-15-12(9)11/h3-4,8,10,14,17-19H,1-2,5-7H2/t10-/m1/s1. The summed E-state index contributed by atoms with van der Waals surface area (Å²) in [7, 11) is 0. The van der Waals surface area contributed by atoms with E-state index >= 15 is 0 Å². The number of aliphatic hydroxyl groups is 3. The molecule has 7 nitrogen and oxygen atoms in total. The van der Waals surface area contributed by atoms with Crippen molar-refractivity contribution in [2.24, 2.45) is 0 Å². The summed E-state index contributed by atoms with van der Waals surface area (Å²) in [5.74, 6) is 0. The van der Waals surface area contributed by atoms with Gasteiger partial charge >= 0.3 is 0 Å². The van der Waals surface area contributed by atoms with Gasteiger partial charge in [0.15, 0.2) is 0 Å². The second-order valence-corrected chi connectivity index (χ2v) is 4.39. The fourth-order valence-electron chi connectivity index (χ4n) is 2.02. The number of hydrogen-bond acceptors (Lipinski definition) is 6. The van der Waals surface area contributed by atoms with E-state index in [1.165, 1.54) is 6.33 Å². The maximum atomic E-state index is 9.49. The van der Waals surface area contributed by atoms with Gasteiger partial charge in [0, 0.05) is 31.4 Å². The van der Waals surface area contributed by atoms with Crippen LogP contribution in [-0.2, 0) is 6.54 Å². The Hall–Kier alpha value is -1.54. The number of rotatable bonds is 7. The van der Waals surface area contributed by atoms with E-state index in [4.69, 9.17) is 10.2 Å². The lowest BCUT2D eigenvalue weighted by Gasteiger charge is -2.23. The van der Waals surface area contributed by atoms with Crippen molar-refractivity contribution < 1.29 is 15.3 Å². The minimum absolute atomic E-state index is 0.00448. The van der Waals surface area contributed by atoms with Gasteiger partial charge in [0.25, 0.3) is 0 Å². The van der Waals surface area contributed by atoms with Crippen LogP contribution in [0.4, 0.5) is 0 Å². The molecule has 0 aliphatic heterocycles. The summed E-state index contributed by atoms with van der Waals surface area (Å²) in [6.07, 6.45) is 4.21. The molecular weight excluding hydrogens is 248 g/mol. The molecule has 1 atom stereocenters. The van der Waals surface area contributed by atoms with Crippen LogP contribution in [0.1, 0.15) is 5.56 Å². The van der Waals surface area contributed by atoms with Gasteiger partial charge in [0.2, 0.25) is 0 Å². The number of aromatic nitrogens is 3.